The van der Waals surface area contributed by atoms with E-state index in [1.807, 2.05) is 42.5 Å². The first kappa shape index (κ1) is 16.4. The zero-order chi connectivity index (χ0) is 17.3. The summed E-state index contributed by atoms with van der Waals surface area (Å²) in [4.78, 5) is 17.0. The number of nitrogens with zero attached hydrogens (tertiary/aromatic N) is 1. The lowest BCUT2D eigenvalue weighted by molar-refractivity contribution is 0.103. The van der Waals surface area contributed by atoms with Gasteiger partial charge in [-0.3, -0.25) is 9.52 Å². The highest BCUT2D eigenvalue weighted by Gasteiger charge is 2.17. The van der Waals surface area contributed by atoms with Crippen molar-refractivity contribution in [2.24, 2.45) is 0 Å². The molecule has 0 bridgehead atoms. The number of anilines is 2. The number of rotatable bonds is 4. The molecular weight excluding hydrogens is 346 g/mol. The van der Waals surface area contributed by atoms with Crippen molar-refractivity contribution in [3.63, 3.8) is 0 Å². The molecule has 1 heterocycles. The minimum atomic E-state index is -3.43. The van der Waals surface area contributed by atoms with Crippen LogP contribution in [0.25, 0.3) is 10.8 Å². The van der Waals surface area contributed by atoms with E-state index in [1.54, 1.807) is 6.92 Å². The van der Waals surface area contributed by atoms with Gasteiger partial charge in [0.2, 0.25) is 10.0 Å². The normalized spacial score (nSPS) is 11.4. The second-order valence-electron chi connectivity index (χ2n) is 5.29. The Morgan fingerprint density at radius 3 is 2.58 bits per heavy atom. The molecule has 0 aliphatic rings. The van der Waals surface area contributed by atoms with Crippen molar-refractivity contribution < 1.29 is 13.2 Å². The molecule has 124 valence electrons. The molecule has 6 nitrogen and oxygen atoms in total. The lowest BCUT2D eigenvalue weighted by atomic mass is 10.1. The SMILES string of the molecule is Cc1nc(NS(C)(=O)=O)sc1C(=O)Nc1cccc2ccccc12. The number of sulfonamides is 1. The zero-order valence-electron chi connectivity index (χ0n) is 13.0. The van der Waals surface area contributed by atoms with Crippen molar-refractivity contribution in [2.75, 3.05) is 16.3 Å². The van der Waals surface area contributed by atoms with E-state index in [0.29, 0.717) is 16.3 Å². The van der Waals surface area contributed by atoms with Gasteiger partial charge in [-0.2, -0.15) is 0 Å². The molecule has 8 heteroatoms. The summed E-state index contributed by atoms with van der Waals surface area (Å²) >= 11 is 1.01. The molecule has 24 heavy (non-hydrogen) atoms. The molecule has 0 saturated heterocycles. The highest BCUT2D eigenvalue weighted by atomic mass is 32.2. The van der Waals surface area contributed by atoms with E-state index < -0.39 is 10.0 Å². The first-order valence-corrected chi connectivity index (χ1v) is 9.78. The molecule has 3 aromatic rings. The molecule has 0 spiro atoms. The molecule has 0 atom stereocenters. The Hall–Kier alpha value is -2.45. The molecule has 0 aliphatic heterocycles. The molecule has 1 aromatic heterocycles. The minimum absolute atomic E-state index is 0.179. The Labute approximate surface area is 143 Å². The fourth-order valence-electron chi connectivity index (χ4n) is 2.32. The molecule has 0 fully saturated rings. The van der Waals surface area contributed by atoms with Gasteiger partial charge in [0, 0.05) is 11.1 Å². The van der Waals surface area contributed by atoms with E-state index in [9.17, 15) is 13.2 Å². The number of fused-ring (bicyclic) bond motifs is 1. The third kappa shape index (κ3) is 3.55. The number of thiazole rings is 1. The van der Waals surface area contributed by atoms with Crippen LogP contribution in [0.4, 0.5) is 10.8 Å². The topological polar surface area (TPSA) is 88.2 Å². The number of hydrogen-bond donors (Lipinski definition) is 2. The van der Waals surface area contributed by atoms with Crippen LogP contribution in [0.5, 0.6) is 0 Å². The molecular formula is C16H15N3O3S2. The van der Waals surface area contributed by atoms with Crippen LogP contribution < -0.4 is 10.0 Å². The fourth-order valence-corrected chi connectivity index (χ4v) is 4.02. The molecule has 0 saturated carbocycles. The quantitative estimate of drug-likeness (QED) is 0.747. The van der Waals surface area contributed by atoms with Gasteiger partial charge in [-0.25, -0.2) is 13.4 Å². The summed E-state index contributed by atoms with van der Waals surface area (Å²) in [5.41, 5.74) is 1.17. The first-order valence-electron chi connectivity index (χ1n) is 7.08. The Balaban J connectivity index is 1.90. The van der Waals surface area contributed by atoms with Crippen LogP contribution >= 0.6 is 11.3 Å². The van der Waals surface area contributed by atoms with Gasteiger partial charge in [-0.1, -0.05) is 47.7 Å². The third-order valence-corrected chi connectivity index (χ3v) is 5.08. The van der Waals surface area contributed by atoms with Crippen molar-refractivity contribution in [2.45, 2.75) is 6.92 Å². The zero-order valence-corrected chi connectivity index (χ0v) is 14.7. The van der Waals surface area contributed by atoms with Crippen molar-refractivity contribution in [3.8, 4) is 0 Å². The number of carbonyl (C=O) groups excluding carboxylic acids is 1. The summed E-state index contributed by atoms with van der Waals surface area (Å²) in [5.74, 6) is -0.317. The Bertz CT molecular complexity index is 1020. The predicted octanol–water partition coefficient (Wildman–Crippen LogP) is 3.23. The monoisotopic (exact) mass is 361 g/mol. The standard InChI is InChI=1S/C16H15N3O3S2/c1-10-14(23-16(17-10)19-24(2,21)22)15(20)18-13-9-5-7-11-6-3-4-8-12(11)13/h3-9H,1-2H3,(H,17,19)(H,18,20). The number of hydrogen-bond acceptors (Lipinski definition) is 5. The van der Waals surface area contributed by atoms with Gasteiger partial charge in [0.1, 0.15) is 4.88 Å². The third-order valence-electron chi connectivity index (χ3n) is 3.31. The van der Waals surface area contributed by atoms with Crippen LogP contribution in [-0.4, -0.2) is 25.6 Å². The van der Waals surface area contributed by atoms with Crippen LogP contribution in [0.1, 0.15) is 15.4 Å². The summed E-state index contributed by atoms with van der Waals surface area (Å²) in [6, 6.07) is 13.4. The van der Waals surface area contributed by atoms with Crippen LogP contribution in [0.2, 0.25) is 0 Å². The molecule has 3 rings (SSSR count). The molecule has 2 aromatic carbocycles. The maximum absolute atomic E-state index is 12.5. The summed E-state index contributed by atoms with van der Waals surface area (Å²) in [6.45, 7) is 1.67. The van der Waals surface area contributed by atoms with E-state index in [2.05, 4.69) is 15.0 Å². The van der Waals surface area contributed by atoms with Gasteiger partial charge in [0.25, 0.3) is 5.91 Å². The van der Waals surface area contributed by atoms with Gasteiger partial charge in [-0.15, -0.1) is 0 Å². The van der Waals surface area contributed by atoms with Crippen LogP contribution in [0, 0.1) is 6.92 Å². The number of benzene rings is 2. The summed E-state index contributed by atoms with van der Waals surface area (Å²) in [6.07, 6.45) is 1.04. The number of aryl methyl sites for hydroxylation is 1. The highest BCUT2D eigenvalue weighted by molar-refractivity contribution is 7.92. The lowest BCUT2D eigenvalue weighted by Gasteiger charge is -2.08. The molecule has 0 aliphatic carbocycles. The second-order valence-corrected chi connectivity index (χ2v) is 8.04. The predicted molar refractivity (Wildman–Crippen MR) is 97.2 cm³/mol. The minimum Gasteiger partial charge on any atom is -0.321 e. The molecule has 0 radical (unpaired) electrons. The van der Waals surface area contributed by atoms with Gasteiger partial charge in [0.15, 0.2) is 5.13 Å². The van der Waals surface area contributed by atoms with Gasteiger partial charge < -0.3 is 5.32 Å². The van der Waals surface area contributed by atoms with Gasteiger partial charge >= 0.3 is 0 Å². The Kier molecular flexibility index (Phi) is 4.25. The molecule has 2 N–H and O–H groups in total. The summed E-state index contributed by atoms with van der Waals surface area (Å²) in [7, 11) is -3.43. The van der Waals surface area contributed by atoms with Crippen LogP contribution in [0.15, 0.2) is 42.5 Å². The van der Waals surface area contributed by atoms with Gasteiger partial charge in [-0.05, 0) is 18.4 Å². The summed E-state index contributed by atoms with van der Waals surface area (Å²) in [5, 5.41) is 5.01. The van der Waals surface area contributed by atoms with Crippen LogP contribution in [-0.2, 0) is 10.0 Å². The van der Waals surface area contributed by atoms with Crippen molar-refractivity contribution in [3.05, 3.63) is 53.0 Å². The van der Waals surface area contributed by atoms with E-state index in [4.69, 9.17) is 0 Å². The van der Waals surface area contributed by atoms with E-state index in [1.165, 1.54) is 0 Å². The average molecular weight is 361 g/mol. The lowest BCUT2D eigenvalue weighted by Crippen LogP contribution is -2.11. The highest BCUT2D eigenvalue weighted by Crippen LogP contribution is 2.27. The Morgan fingerprint density at radius 2 is 1.83 bits per heavy atom. The molecule has 0 unspecified atom stereocenters. The van der Waals surface area contributed by atoms with E-state index in [0.717, 1.165) is 28.4 Å². The maximum atomic E-state index is 12.5. The smallest absolute Gasteiger partial charge is 0.267 e. The largest absolute Gasteiger partial charge is 0.321 e. The van der Waals surface area contributed by atoms with Crippen molar-refractivity contribution in [1.82, 2.24) is 4.98 Å². The van der Waals surface area contributed by atoms with E-state index >= 15 is 0 Å². The summed E-state index contributed by atoms with van der Waals surface area (Å²) < 4.78 is 24.9. The molecule has 1 amide bonds. The number of aromatic nitrogens is 1. The number of carbonyl (C=O) groups is 1. The van der Waals surface area contributed by atoms with Crippen molar-refractivity contribution >= 4 is 48.9 Å². The Morgan fingerprint density at radius 1 is 1.12 bits per heavy atom. The first-order chi connectivity index (χ1) is 11.3. The second kappa shape index (κ2) is 6.21. The number of nitrogens with one attached hydrogen (secondary N) is 2. The fraction of sp³-hybridized carbons (Fsp3) is 0.125. The van der Waals surface area contributed by atoms with Crippen LogP contribution in [0.3, 0.4) is 0 Å². The van der Waals surface area contributed by atoms with Gasteiger partial charge in [0.05, 0.1) is 11.9 Å². The maximum Gasteiger partial charge on any atom is 0.267 e. The van der Waals surface area contributed by atoms with Crippen molar-refractivity contribution in [1.29, 1.82) is 0 Å². The average Bonchev–Trinajstić information content (AvgIpc) is 2.86. The number of amides is 1. The van der Waals surface area contributed by atoms with E-state index in [-0.39, 0.29) is 11.0 Å².